The molecule has 2 aliphatic rings. The molecule has 2 heterocycles. The predicted octanol–water partition coefficient (Wildman–Crippen LogP) is 2.30. The van der Waals surface area contributed by atoms with Crippen molar-refractivity contribution in [2.75, 3.05) is 51.8 Å². The number of nitrogens with zero attached hydrogens (tertiary/aromatic N) is 3. The van der Waals surface area contributed by atoms with Crippen LogP contribution < -0.4 is 20.7 Å². The molecule has 7 nitrogen and oxygen atoms in total. The molecule has 29 heavy (non-hydrogen) atoms. The molecule has 2 fully saturated rings. The average Bonchev–Trinajstić information content (AvgIpc) is 3.17. The summed E-state index contributed by atoms with van der Waals surface area (Å²) in [6.45, 7) is 4.83. The number of guanidine groups is 1. The predicted molar refractivity (Wildman–Crippen MR) is 128 cm³/mol. The van der Waals surface area contributed by atoms with Crippen LogP contribution in [0.3, 0.4) is 0 Å². The van der Waals surface area contributed by atoms with Gasteiger partial charge in [-0.05, 0) is 43.2 Å². The number of amides is 1. The second kappa shape index (κ2) is 11.5. The van der Waals surface area contributed by atoms with Crippen molar-refractivity contribution in [1.29, 1.82) is 0 Å². The first kappa shape index (κ1) is 23.6. The Morgan fingerprint density at radius 3 is 2.83 bits per heavy atom. The summed E-state index contributed by atoms with van der Waals surface area (Å²) in [5.74, 6) is 2.54. The van der Waals surface area contributed by atoms with Crippen molar-refractivity contribution in [2.24, 2.45) is 22.6 Å². The largest absolute Gasteiger partial charge is 0.497 e. The molecule has 2 saturated heterocycles. The SMILES string of the molecule is CN=C(NCC1CCN(c2cccc(OC)c2)C1)N1CCCC(CC(N)=O)C1.I. The van der Waals surface area contributed by atoms with Gasteiger partial charge in [0.25, 0.3) is 0 Å². The molecule has 0 aliphatic carbocycles. The third kappa shape index (κ3) is 6.65. The number of primary amides is 1. The van der Waals surface area contributed by atoms with Crippen molar-refractivity contribution in [3.05, 3.63) is 24.3 Å². The number of rotatable bonds is 6. The van der Waals surface area contributed by atoms with E-state index in [9.17, 15) is 4.79 Å². The Labute approximate surface area is 191 Å². The smallest absolute Gasteiger partial charge is 0.217 e. The number of methoxy groups -OCH3 is 1. The molecular formula is C21H34IN5O2. The quantitative estimate of drug-likeness (QED) is 0.345. The fraction of sp³-hybridized carbons (Fsp3) is 0.619. The number of piperidine rings is 1. The summed E-state index contributed by atoms with van der Waals surface area (Å²) in [5.41, 5.74) is 6.60. The van der Waals surface area contributed by atoms with Gasteiger partial charge in [0.15, 0.2) is 5.96 Å². The van der Waals surface area contributed by atoms with Crippen LogP contribution in [0.1, 0.15) is 25.7 Å². The molecule has 1 aromatic rings. The summed E-state index contributed by atoms with van der Waals surface area (Å²) >= 11 is 0. The van der Waals surface area contributed by atoms with Gasteiger partial charge < -0.3 is 25.6 Å². The summed E-state index contributed by atoms with van der Waals surface area (Å²) in [5, 5.41) is 3.56. The van der Waals surface area contributed by atoms with Gasteiger partial charge in [-0.3, -0.25) is 9.79 Å². The van der Waals surface area contributed by atoms with E-state index in [4.69, 9.17) is 10.5 Å². The number of hydrogen-bond donors (Lipinski definition) is 2. The molecule has 3 rings (SSSR count). The van der Waals surface area contributed by atoms with Crippen molar-refractivity contribution in [1.82, 2.24) is 10.2 Å². The number of carbonyl (C=O) groups is 1. The number of likely N-dealkylation sites (tertiary alicyclic amines) is 1. The number of hydrogen-bond acceptors (Lipinski definition) is 4. The highest BCUT2D eigenvalue weighted by atomic mass is 127. The first-order valence-corrected chi connectivity index (χ1v) is 10.2. The lowest BCUT2D eigenvalue weighted by Crippen LogP contribution is -2.48. The number of nitrogens with two attached hydrogens (primary N) is 1. The zero-order chi connectivity index (χ0) is 19.9. The minimum atomic E-state index is -0.210. The minimum absolute atomic E-state index is 0. The molecule has 8 heteroatoms. The second-order valence-electron chi connectivity index (χ2n) is 7.86. The average molecular weight is 515 g/mol. The van der Waals surface area contributed by atoms with E-state index >= 15 is 0 Å². The van der Waals surface area contributed by atoms with Crippen LogP contribution in [0.2, 0.25) is 0 Å². The lowest BCUT2D eigenvalue weighted by Gasteiger charge is -2.35. The molecular weight excluding hydrogens is 481 g/mol. The molecule has 0 aromatic heterocycles. The number of aliphatic imine (C=N–C) groups is 1. The summed E-state index contributed by atoms with van der Waals surface area (Å²) < 4.78 is 5.35. The van der Waals surface area contributed by atoms with Crippen LogP contribution in [0.25, 0.3) is 0 Å². The zero-order valence-corrected chi connectivity index (χ0v) is 19.8. The number of carbonyl (C=O) groups excluding carboxylic acids is 1. The van der Waals surface area contributed by atoms with Gasteiger partial charge in [0, 0.05) is 57.9 Å². The summed E-state index contributed by atoms with van der Waals surface area (Å²) in [7, 11) is 3.53. The lowest BCUT2D eigenvalue weighted by molar-refractivity contribution is -0.119. The van der Waals surface area contributed by atoms with Crippen LogP contribution in [0, 0.1) is 11.8 Å². The molecule has 0 saturated carbocycles. The number of nitrogens with one attached hydrogen (secondary N) is 1. The van der Waals surface area contributed by atoms with Gasteiger partial charge in [0.05, 0.1) is 7.11 Å². The third-order valence-corrected chi connectivity index (χ3v) is 5.77. The fourth-order valence-electron chi connectivity index (χ4n) is 4.32. The molecule has 1 amide bonds. The topological polar surface area (TPSA) is 83.2 Å². The minimum Gasteiger partial charge on any atom is -0.497 e. The van der Waals surface area contributed by atoms with E-state index < -0.39 is 0 Å². The normalized spacial score (nSPS) is 22.2. The van der Waals surface area contributed by atoms with Crippen LogP contribution in [-0.4, -0.2) is 63.6 Å². The molecule has 3 N–H and O–H groups in total. The van der Waals surface area contributed by atoms with Crippen LogP contribution in [0.15, 0.2) is 29.3 Å². The van der Waals surface area contributed by atoms with E-state index in [0.29, 0.717) is 18.3 Å². The van der Waals surface area contributed by atoms with Gasteiger partial charge in [-0.2, -0.15) is 0 Å². The molecule has 0 bridgehead atoms. The Morgan fingerprint density at radius 2 is 2.10 bits per heavy atom. The molecule has 2 unspecified atom stereocenters. The third-order valence-electron chi connectivity index (χ3n) is 5.77. The van der Waals surface area contributed by atoms with E-state index in [1.54, 1.807) is 7.11 Å². The van der Waals surface area contributed by atoms with Crippen LogP contribution in [-0.2, 0) is 4.79 Å². The number of ether oxygens (including phenoxy) is 1. The molecule has 1 aromatic carbocycles. The molecule has 2 atom stereocenters. The highest BCUT2D eigenvalue weighted by Crippen LogP contribution is 2.26. The first-order chi connectivity index (χ1) is 13.6. The van der Waals surface area contributed by atoms with Gasteiger partial charge in [-0.1, -0.05) is 6.07 Å². The zero-order valence-electron chi connectivity index (χ0n) is 17.5. The standard InChI is InChI=1S/C21H33N5O2.HI/c1-23-21(26-9-4-5-16(14-26)11-20(22)27)24-13-17-8-10-25(15-17)18-6-3-7-19(12-18)28-2;/h3,6-7,12,16-17H,4-5,8-11,13-15H2,1-2H3,(H2,22,27)(H,23,24);1H. The number of benzene rings is 1. The molecule has 0 spiro atoms. The molecule has 0 radical (unpaired) electrons. The Morgan fingerprint density at radius 1 is 1.28 bits per heavy atom. The lowest BCUT2D eigenvalue weighted by atomic mass is 9.95. The van der Waals surface area contributed by atoms with E-state index in [-0.39, 0.29) is 29.9 Å². The van der Waals surface area contributed by atoms with E-state index in [0.717, 1.165) is 63.7 Å². The summed E-state index contributed by atoms with van der Waals surface area (Å²) in [4.78, 5) is 20.4. The summed E-state index contributed by atoms with van der Waals surface area (Å²) in [6, 6.07) is 8.26. The van der Waals surface area contributed by atoms with Gasteiger partial charge in [0.1, 0.15) is 5.75 Å². The summed E-state index contributed by atoms with van der Waals surface area (Å²) in [6.07, 6.45) is 3.76. The number of halogens is 1. The van der Waals surface area contributed by atoms with Gasteiger partial charge in [-0.15, -0.1) is 24.0 Å². The Kier molecular flexibility index (Phi) is 9.32. The monoisotopic (exact) mass is 515 g/mol. The van der Waals surface area contributed by atoms with Crippen molar-refractivity contribution in [3.63, 3.8) is 0 Å². The Hall–Kier alpha value is -1.71. The highest BCUT2D eigenvalue weighted by Gasteiger charge is 2.26. The highest BCUT2D eigenvalue weighted by molar-refractivity contribution is 14.0. The second-order valence-corrected chi connectivity index (χ2v) is 7.86. The van der Waals surface area contributed by atoms with E-state index in [1.807, 2.05) is 19.2 Å². The van der Waals surface area contributed by atoms with Gasteiger partial charge in [0.2, 0.25) is 5.91 Å². The van der Waals surface area contributed by atoms with Crippen molar-refractivity contribution >= 4 is 41.5 Å². The van der Waals surface area contributed by atoms with Crippen LogP contribution in [0.5, 0.6) is 5.75 Å². The first-order valence-electron chi connectivity index (χ1n) is 10.2. The van der Waals surface area contributed by atoms with E-state index in [2.05, 4.69) is 32.2 Å². The van der Waals surface area contributed by atoms with Crippen LogP contribution >= 0.6 is 24.0 Å². The number of anilines is 1. The molecule has 162 valence electrons. The van der Waals surface area contributed by atoms with Gasteiger partial charge >= 0.3 is 0 Å². The van der Waals surface area contributed by atoms with Crippen molar-refractivity contribution in [2.45, 2.75) is 25.7 Å². The Balaban J connectivity index is 0.00000300. The maximum Gasteiger partial charge on any atom is 0.217 e. The van der Waals surface area contributed by atoms with Crippen molar-refractivity contribution in [3.8, 4) is 5.75 Å². The van der Waals surface area contributed by atoms with E-state index in [1.165, 1.54) is 5.69 Å². The van der Waals surface area contributed by atoms with Gasteiger partial charge in [-0.25, -0.2) is 0 Å². The maximum absolute atomic E-state index is 11.2. The molecule has 2 aliphatic heterocycles. The van der Waals surface area contributed by atoms with Crippen molar-refractivity contribution < 1.29 is 9.53 Å². The maximum atomic E-state index is 11.2. The Bertz CT molecular complexity index is 699. The fourth-order valence-corrected chi connectivity index (χ4v) is 4.32. The van der Waals surface area contributed by atoms with Crippen LogP contribution in [0.4, 0.5) is 5.69 Å².